The molecule has 5 heteroatoms. The van der Waals surface area contributed by atoms with Gasteiger partial charge >= 0.3 is 7.60 Å². The predicted molar refractivity (Wildman–Crippen MR) is 61.9 cm³/mol. The van der Waals surface area contributed by atoms with E-state index in [-0.39, 0.29) is 0 Å². The van der Waals surface area contributed by atoms with Crippen LogP contribution in [0.4, 0.5) is 0 Å². The number of benzene rings is 1. The second kappa shape index (κ2) is 4.68. The first kappa shape index (κ1) is 11.8. The third-order valence-electron chi connectivity index (χ3n) is 2.95. The Bertz CT molecular complexity index is 389. The van der Waals surface area contributed by atoms with Crippen LogP contribution in [-0.2, 0) is 11.1 Å². The maximum atomic E-state index is 11.3. The van der Waals surface area contributed by atoms with E-state index in [1.54, 1.807) is 0 Å². The fraction of sp³-hybridized carbons (Fsp3) is 0.455. The van der Waals surface area contributed by atoms with Crippen LogP contribution in [0.25, 0.3) is 0 Å². The van der Waals surface area contributed by atoms with Gasteiger partial charge in [-0.2, -0.15) is 0 Å². The van der Waals surface area contributed by atoms with Crippen molar-refractivity contribution in [3.63, 3.8) is 0 Å². The molecule has 1 aromatic carbocycles. The normalized spacial score (nSPS) is 22.5. The standard InChI is InChI=1S/C11H16NO3P/c13-16(14,15)11-7-4-8-12(11)9-10-5-2-1-3-6-10/h1-3,5-6,11H,4,7-9H2,(H2,13,14,15). The summed E-state index contributed by atoms with van der Waals surface area (Å²) < 4.78 is 11.3. The molecule has 2 N–H and O–H groups in total. The van der Waals surface area contributed by atoms with Gasteiger partial charge in [-0.05, 0) is 24.9 Å². The summed E-state index contributed by atoms with van der Waals surface area (Å²) >= 11 is 0. The molecule has 0 spiro atoms. The Hall–Kier alpha value is -0.670. The van der Waals surface area contributed by atoms with Gasteiger partial charge in [0.15, 0.2) is 0 Å². The van der Waals surface area contributed by atoms with E-state index in [9.17, 15) is 14.4 Å². The molecule has 88 valence electrons. The zero-order valence-electron chi connectivity index (χ0n) is 8.99. The van der Waals surface area contributed by atoms with E-state index < -0.39 is 13.4 Å². The Labute approximate surface area is 95.1 Å². The lowest BCUT2D eigenvalue weighted by Gasteiger charge is -2.24. The van der Waals surface area contributed by atoms with Gasteiger partial charge < -0.3 is 9.79 Å². The summed E-state index contributed by atoms with van der Waals surface area (Å²) in [5.41, 5.74) is 1.10. The summed E-state index contributed by atoms with van der Waals surface area (Å²) in [5.74, 6) is -0.590. The molecule has 0 bridgehead atoms. The zero-order valence-corrected chi connectivity index (χ0v) is 9.88. The van der Waals surface area contributed by atoms with Gasteiger partial charge in [0.05, 0.1) is 0 Å². The Balaban J connectivity index is 2.08. The van der Waals surface area contributed by atoms with Crippen LogP contribution in [0.1, 0.15) is 18.4 Å². The SMILES string of the molecule is O=P(O)(O)C1CCCN1Cc1ccccc1. The topological polar surface area (TPSA) is 60.8 Å². The van der Waals surface area contributed by atoms with E-state index in [1.807, 2.05) is 35.2 Å². The van der Waals surface area contributed by atoms with Gasteiger partial charge in [0, 0.05) is 6.54 Å². The lowest BCUT2D eigenvalue weighted by molar-refractivity contribution is 0.252. The third kappa shape index (κ3) is 2.71. The Morgan fingerprint density at radius 3 is 2.62 bits per heavy atom. The second-order valence-electron chi connectivity index (χ2n) is 4.17. The summed E-state index contributed by atoms with van der Waals surface area (Å²) in [6.45, 7) is 1.39. The molecule has 0 aliphatic carbocycles. The Kier molecular flexibility index (Phi) is 3.45. The predicted octanol–water partition coefficient (Wildman–Crippen LogP) is 1.79. The molecular weight excluding hydrogens is 225 g/mol. The zero-order chi connectivity index (χ0) is 11.6. The molecule has 1 atom stereocenters. The fourth-order valence-corrected chi connectivity index (χ4v) is 3.33. The molecule has 1 fully saturated rings. The molecule has 0 radical (unpaired) electrons. The van der Waals surface area contributed by atoms with E-state index in [0.717, 1.165) is 18.5 Å². The first-order valence-electron chi connectivity index (χ1n) is 5.40. The molecule has 1 aliphatic rings. The summed E-state index contributed by atoms with van der Waals surface area (Å²) in [6, 6.07) is 9.79. The number of hydrogen-bond donors (Lipinski definition) is 2. The minimum atomic E-state index is -3.98. The highest BCUT2D eigenvalue weighted by atomic mass is 31.2. The molecular formula is C11H16NO3P. The van der Waals surface area contributed by atoms with Gasteiger partial charge in [-0.1, -0.05) is 30.3 Å². The molecule has 0 saturated carbocycles. The highest BCUT2D eigenvalue weighted by Crippen LogP contribution is 2.48. The average molecular weight is 241 g/mol. The number of rotatable bonds is 3. The largest absolute Gasteiger partial charge is 0.342 e. The van der Waals surface area contributed by atoms with Crippen molar-refractivity contribution in [1.82, 2.24) is 4.90 Å². The van der Waals surface area contributed by atoms with Gasteiger partial charge in [0.2, 0.25) is 0 Å². The quantitative estimate of drug-likeness (QED) is 0.792. The van der Waals surface area contributed by atoms with Crippen LogP contribution in [0.3, 0.4) is 0 Å². The maximum absolute atomic E-state index is 11.3. The fourth-order valence-electron chi connectivity index (χ4n) is 2.19. The van der Waals surface area contributed by atoms with Gasteiger partial charge in [-0.3, -0.25) is 9.46 Å². The van der Waals surface area contributed by atoms with Crippen LogP contribution in [0.5, 0.6) is 0 Å². The highest BCUT2D eigenvalue weighted by molar-refractivity contribution is 7.52. The van der Waals surface area contributed by atoms with Crippen molar-refractivity contribution in [1.29, 1.82) is 0 Å². The maximum Gasteiger partial charge on any atom is 0.342 e. The van der Waals surface area contributed by atoms with Crippen molar-refractivity contribution in [3.8, 4) is 0 Å². The van der Waals surface area contributed by atoms with Gasteiger partial charge in [0.1, 0.15) is 5.78 Å². The third-order valence-corrected chi connectivity index (χ3v) is 4.31. The van der Waals surface area contributed by atoms with Crippen LogP contribution in [-0.4, -0.2) is 27.0 Å². The molecule has 0 amide bonds. The molecule has 0 aromatic heterocycles. The van der Waals surface area contributed by atoms with Gasteiger partial charge in [0.25, 0.3) is 0 Å². The van der Waals surface area contributed by atoms with Gasteiger partial charge in [-0.15, -0.1) is 0 Å². The molecule has 1 unspecified atom stereocenters. The van der Waals surface area contributed by atoms with Crippen LogP contribution in [0.2, 0.25) is 0 Å². The molecule has 1 saturated heterocycles. The lowest BCUT2D eigenvalue weighted by Crippen LogP contribution is -2.28. The van der Waals surface area contributed by atoms with E-state index in [0.29, 0.717) is 13.0 Å². The summed E-state index contributed by atoms with van der Waals surface area (Å²) in [4.78, 5) is 20.4. The van der Waals surface area contributed by atoms with E-state index in [4.69, 9.17) is 0 Å². The number of likely N-dealkylation sites (tertiary alicyclic amines) is 1. The summed E-state index contributed by atoms with van der Waals surface area (Å²) in [5, 5.41) is 0. The lowest BCUT2D eigenvalue weighted by atomic mass is 10.2. The summed E-state index contributed by atoms with van der Waals surface area (Å²) in [7, 11) is -3.98. The van der Waals surface area contributed by atoms with E-state index in [2.05, 4.69) is 0 Å². The minimum Gasteiger partial charge on any atom is -0.323 e. The molecule has 1 heterocycles. The molecule has 1 aromatic rings. The minimum absolute atomic E-state index is 0.590. The van der Waals surface area contributed by atoms with E-state index in [1.165, 1.54) is 0 Å². The smallest absolute Gasteiger partial charge is 0.323 e. The molecule has 16 heavy (non-hydrogen) atoms. The average Bonchev–Trinajstić information content (AvgIpc) is 2.67. The molecule has 1 aliphatic heterocycles. The van der Waals surface area contributed by atoms with Crippen LogP contribution in [0.15, 0.2) is 30.3 Å². The Morgan fingerprint density at radius 1 is 1.31 bits per heavy atom. The Morgan fingerprint density at radius 2 is 2.00 bits per heavy atom. The molecule has 4 nitrogen and oxygen atoms in total. The van der Waals surface area contributed by atoms with Crippen LogP contribution in [0, 0.1) is 0 Å². The van der Waals surface area contributed by atoms with Crippen molar-refractivity contribution in [2.45, 2.75) is 25.2 Å². The second-order valence-corrected chi connectivity index (χ2v) is 5.94. The summed E-state index contributed by atoms with van der Waals surface area (Å²) in [6.07, 6.45) is 1.46. The number of nitrogens with zero attached hydrogens (tertiary/aromatic N) is 1. The van der Waals surface area contributed by atoms with Gasteiger partial charge in [-0.25, -0.2) is 0 Å². The molecule has 2 rings (SSSR count). The van der Waals surface area contributed by atoms with Crippen molar-refractivity contribution in [2.24, 2.45) is 0 Å². The number of hydrogen-bond acceptors (Lipinski definition) is 2. The monoisotopic (exact) mass is 241 g/mol. The van der Waals surface area contributed by atoms with Crippen molar-refractivity contribution in [3.05, 3.63) is 35.9 Å². The van der Waals surface area contributed by atoms with Crippen LogP contribution < -0.4 is 0 Å². The van der Waals surface area contributed by atoms with Crippen molar-refractivity contribution < 1.29 is 14.4 Å². The van der Waals surface area contributed by atoms with Crippen molar-refractivity contribution >= 4 is 7.60 Å². The highest BCUT2D eigenvalue weighted by Gasteiger charge is 2.37. The van der Waals surface area contributed by atoms with E-state index >= 15 is 0 Å². The first-order valence-corrected chi connectivity index (χ1v) is 7.09. The van der Waals surface area contributed by atoms with Crippen molar-refractivity contribution in [2.75, 3.05) is 6.54 Å². The first-order chi connectivity index (χ1) is 7.57. The van der Waals surface area contributed by atoms with Crippen LogP contribution >= 0.6 is 7.60 Å².